The van der Waals surface area contributed by atoms with Crippen molar-refractivity contribution in [2.45, 2.75) is 20.4 Å². The molecule has 2 aromatic rings. The summed E-state index contributed by atoms with van der Waals surface area (Å²) in [6, 6.07) is 11.6. The lowest BCUT2D eigenvalue weighted by Crippen LogP contribution is -2.06. The molecular weight excluding hydrogens is 439 g/mol. The Bertz CT molecular complexity index is 707. The van der Waals surface area contributed by atoms with E-state index in [1.54, 1.807) is 6.21 Å². The lowest BCUT2D eigenvalue weighted by molar-refractivity contribution is 0.286. The van der Waals surface area contributed by atoms with Crippen LogP contribution in [0.4, 0.5) is 0 Å². The number of hydrazone groups is 1. The first-order valence-electron chi connectivity index (χ1n) is 7.74. The fourth-order valence-electron chi connectivity index (χ4n) is 2.10. The number of ether oxygens (including phenoxy) is 2. The Kier molecular flexibility index (Phi) is 7.65. The van der Waals surface area contributed by atoms with E-state index < -0.39 is 0 Å². The molecule has 4 nitrogen and oxygen atoms in total. The Morgan fingerprint density at radius 3 is 2.62 bits per heavy atom. The van der Waals surface area contributed by atoms with E-state index in [4.69, 9.17) is 21.1 Å². The smallest absolute Gasteiger partial charge is 0.174 e. The molecule has 0 saturated heterocycles. The van der Waals surface area contributed by atoms with E-state index in [1.165, 1.54) is 0 Å². The zero-order valence-electron chi connectivity index (χ0n) is 13.7. The van der Waals surface area contributed by atoms with E-state index in [-0.39, 0.29) is 0 Å². The average molecular weight is 459 g/mol. The molecule has 0 aliphatic heterocycles. The van der Waals surface area contributed by atoms with Gasteiger partial charge in [-0.1, -0.05) is 29.8 Å². The average Bonchev–Trinajstić information content (AvgIpc) is 2.56. The molecule has 0 aliphatic rings. The van der Waals surface area contributed by atoms with Crippen molar-refractivity contribution in [3.63, 3.8) is 0 Å². The van der Waals surface area contributed by atoms with Crippen LogP contribution in [0, 0.1) is 3.57 Å². The maximum Gasteiger partial charge on any atom is 0.174 e. The van der Waals surface area contributed by atoms with E-state index in [2.05, 4.69) is 33.1 Å². The summed E-state index contributed by atoms with van der Waals surface area (Å²) in [4.78, 5) is 0. The number of halogens is 2. The molecule has 0 bridgehead atoms. The van der Waals surface area contributed by atoms with Gasteiger partial charge < -0.3 is 14.9 Å². The number of rotatable bonds is 8. The maximum absolute atomic E-state index is 6.12. The number of nitrogens with zero attached hydrogens (tertiary/aromatic N) is 1. The molecule has 0 heterocycles. The summed E-state index contributed by atoms with van der Waals surface area (Å²) in [5.74, 6) is 1.51. The summed E-state index contributed by atoms with van der Waals surface area (Å²) in [6.45, 7) is 5.67. The molecule has 128 valence electrons. The van der Waals surface area contributed by atoms with Crippen LogP contribution in [0.5, 0.6) is 11.5 Å². The van der Waals surface area contributed by atoms with Gasteiger partial charge in [0.2, 0.25) is 0 Å². The lowest BCUT2D eigenvalue weighted by atomic mass is 10.2. The highest BCUT2D eigenvalue weighted by Gasteiger charge is 2.11. The number of nitrogens with one attached hydrogen (secondary N) is 1. The van der Waals surface area contributed by atoms with Gasteiger partial charge in [0.1, 0.15) is 0 Å². The van der Waals surface area contributed by atoms with Crippen molar-refractivity contribution >= 4 is 40.4 Å². The minimum Gasteiger partial charge on any atom is -0.490 e. The Labute approximate surface area is 161 Å². The third-order valence-corrected chi connectivity index (χ3v) is 4.32. The van der Waals surface area contributed by atoms with Gasteiger partial charge in [-0.05, 0) is 65.8 Å². The molecule has 2 aromatic carbocycles. The van der Waals surface area contributed by atoms with Crippen molar-refractivity contribution in [3.8, 4) is 11.5 Å². The Balaban J connectivity index is 2.07. The van der Waals surface area contributed by atoms with Gasteiger partial charge in [-0.2, -0.15) is 5.10 Å². The Hall–Kier alpha value is -1.47. The second kappa shape index (κ2) is 9.74. The summed E-state index contributed by atoms with van der Waals surface area (Å²) in [6.07, 6.45) is 1.76. The van der Waals surface area contributed by atoms with Crippen LogP contribution in [0.1, 0.15) is 25.0 Å². The monoisotopic (exact) mass is 458 g/mol. The van der Waals surface area contributed by atoms with Gasteiger partial charge in [0.15, 0.2) is 11.5 Å². The molecule has 1 N–H and O–H groups in total. The predicted octanol–water partition coefficient (Wildman–Crippen LogP) is 4.87. The third-order valence-electron chi connectivity index (χ3n) is 3.15. The Morgan fingerprint density at radius 2 is 1.92 bits per heavy atom. The first-order chi connectivity index (χ1) is 11.7. The van der Waals surface area contributed by atoms with E-state index in [0.717, 1.165) is 31.2 Å². The summed E-state index contributed by atoms with van der Waals surface area (Å²) in [5, 5.41) is 4.99. The van der Waals surface area contributed by atoms with Crippen molar-refractivity contribution in [1.82, 2.24) is 5.43 Å². The molecule has 0 spiro atoms. The van der Waals surface area contributed by atoms with Gasteiger partial charge in [-0.25, -0.2) is 0 Å². The minimum atomic E-state index is 0.572. The highest BCUT2D eigenvalue weighted by molar-refractivity contribution is 14.1. The zero-order valence-corrected chi connectivity index (χ0v) is 16.6. The van der Waals surface area contributed by atoms with Crippen LogP contribution in [0.15, 0.2) is 41.5 Å². The number of benzene rings is 2. The molecule has 0 atom stereocenters. The largest absolute Gasteiger partial charge is 0.490 e. The topological polar surface area (TPSA) is 42.8 Å². The van der Waals surface area contributed by atoms with Crippen LogP contribution >= 0.6 is 34.2 Å². The second-order valence-corrected chi connectivity index (χ2v) is 6.45. The van der Waals surface area contributed by atoms with Crippen molar-refractivity contribution in [3.05, 3.63) is 56.1 Å². The quantitative estimate of drug-likeness (QED) is 0.349. The van der Waals surface area contributed by atoms with Gasteiger partial charge in [-0.3, -0.25) is 0 Å². The normalized spacial score (nSPS) is 10.8. The van der Waals surface area contributed by atoms with E-state index in [0.29, 0.717) is 19.8 Å². The van der Waals surface area contributed by atoms with Gasteiger partial charge in [0.25, 0.3) is 0 Å². The van der Waals surface area contributed by atoms with Crippen LogP contribution in [-0.4, -0.2) is 19.4 Å². The van der Waals surface area contributed by atoms with Crippen molar-refractivity contribution in [2.24, 2.45) is 5.10 Å². The van der Waals surface area contributed by atoms with E-state index in [9.17, 15) is 0 Å². The molecule has 6 heteroatoms. The molecule has 0 aliphatic carbocycles. The third kappa shape index (κ3) is 5.27. The highest BCUT2D eigenvalue weighted by Crippen LogP contribution is 2.33. The molecular formula is C18H20ClIN2O2. The second-order valence-electron chi connectivity index (χ2n) is 4.88. The van der Waals surface area contributed by atoms with Crippen molar-refractivity contribution < 1.29 is 9.47 Å². The summed E-state index contributed by atoms with van der Waals surface area (Å²) in [7, 11) is 0. The summed E-state index contributed by atoms with van der Waals surface area (Å²) < 4.78 is 12.3. The maximum atomic E-state index is 6.12. The van der Waals surface area contributed by atoms with Crippen LogP contribution < -0.4 is 14.9 Å². The molecule has 24 heavy (non-hydrogen) atoms. The van der Waals surface area contributed by atoms with E-state index >= 15 is 0 Å². The number of hydrogen-bond acceptors (Lipinski definition) is 4. The number of hydrogen-bond donors (Lipinski definition) is 1. The molecule has 0 saturated carbocycles. The fourth-order valence-corrected chi connectivity index (χ4v) is 3.09. The predicted molar refractivity (Wildman–Crippen MR) is 107 cm³/mol. The molecule has 0 unspecified atom stereocenters. The van der Waals surface area contributed by atoms with Gasteiger partial charge >= 0.3 is 0 Å². The first-order valence-corrected chi connectivity index (χ1v) is 9.19. The zero-order chi connectivity index (χ0) is 17.4. The van der Waals surface area contributed by atoms with Gasteiger partial charge in [-0.15, -0.1) is 0 Å². The minimum absolute atomic E-state index is 0.572. The Morgan fingerprint density at radius 1 is 1.17 bits per heavy atom. The fraction of sp³-hybridized carbons (Fsp3) is 0.278. The molecule has 2 rings (SSSR count). The van der Waals surface area contributed by atoms with Crippen LogP contribution in [0.3, 0.4) is 0 Å². The summed E-state index contributed by atoms with van der Waals surface area (Å²) >= 11 is 8.37. The van der Waals surface area contributed by atoms with E-state index in [1.807, 2.05) is 50.2 Å². The van der Waals surface area contributed by atoms with Crippen LogP contribution in [-0.2, 0) is 6.54 Å². The SMILES string of the molecule is CCOc1cc(/C=N\NCc2ccccc2Cl)cc(I)c1OCC. The lowest BCUT2D eigenvalue weighted by Gasteiger charge is -2.13. The molecule has 0 amide bonds. The van der Waals surface area contributed by atoms with Crippen LogP contribution in [0.2, 0.25) is 5.02 Å². The molecule has 0 aromatic heterocycles. The first kappa shape index (κ1) is 18.9. The standard InChI is InChI=1S/C18H20ClIN2O2/c1-3-23-17-10-13(9-16(20)18(17)24-4-2)11-21-22-12-14-7-5-6-8-15(14)19/h5-11,22H,3-4,12H2,1-2H3/b21-11-. The van der Waals surface area contributed by atoms with Crippen molar-refractivity contribution in [2.75, 3.05) is 13.2 Å². The van der Waals surface area contributed by atoms with Gasteiger partial charge in [0, 0.05) is 5.02 Å². The summed E-state index contributed by atoms with van der Waals surface area (Å²) in [5.41, 5.74) is 4.96. The van der Waals surface area contributed by atoms with Crippen LogP contribution in [0.25, 0.3) is 0 Å². The highest BCUT2D eigenvalue weighted by atomic mass is 127. The van der Waals surface area contributed by atoms with Crippen molar-refractivity contribution in [1.29, 1.82) is 0 Å². The molecule has 0 radical (unpaired) electrons. The van der Waals surface area contributed by atoms with Gasteiger partial charge in [0.05, 0.1) is 29.5 Å². The molecule has 0 fully saturated rings.